The van der Waals surface area contributed by atoms with Gasteiger partial charge in [-0.15, -0.1) is 0 Å². The lowest BCUT2D eigenvalue weighted by Gasteiger charge is -2.14. The van der Waals surface area contributed by atoms with Crippen molar-refractivity contribution >= 4 is 0 Å². The Morgan fingerprint density at radius 1 is 1.00 bits per heavy atom. The third-order valence-electron chi connectivity index (χ3n) is 3.01. The second kappa shape index (κ2) is 7.67. The van der Waals surface area contributed by atoms with Gasteiger partial charge < -0.3 is 20.3 Å². The van der Waals surface area contributed by atoms with E-state index in [4.69, 9.17) is 15.2 Å². The summed E-state index contributed by atoms with van der Waals surface area (Å²) in [4.78, 5) is 0. The van der Waals surface area contributed by atoms with Crippen LogP contribution in [0.1, 0.15) is 11.1 Å². The summed E-state index contributed by atoms with van der Waals surface area (Å²) in [6.45, 7) is 2.84. The van der Waals surface area contributed by atoms with Crippen LogP contribution >= 0.6 is 0 Å². The van der Waals surface area contributed by atoms with Crippen LogP contribution in [0.15, 0.2) is 48.5 Å². The fourth-order valence-corrected chi connectivity index (χ4v) is 1.90. The highest BCUT2D eigenvalue weighted by atomic mass is 16.5. The second-order valence-electron chi connectivity index (χ2n) is 4.94. The summed E-state index contributed by atoms with van der Waals surface area (Å²) in [5.74, 6) is 1.45. The molecule has 112 valence electrons. The fraction of sp³-hybridized carbons (Fsp3) is 0.294. The van der Waals surface area contributed by atoms with Gasteiger partial charge in [0, 0.05) is 6.54 Å². The van der Waals surface area contributed by atoms with E-state index in [2.05, 4.69) is 0 Å². The van der Waals surface area contributed by atoms with Crippen molar-refractivity contribution in [3.63, 3.8) is 0 Å². The summed E-state index contributed by atoms with van der Waals surface area (Å²) >= 11 is 0. The molecule has 0 aromatic heterocycles. The number of hydrogen-bond donors (Lipinski definition) is 2. The van der Waals surface area contributed by atoms with E-state index in [-0.39, 0.29) is 13.2 Å². The van der Waals surface area contributed by atoms with E-state index in [9.17, 15) is 5.11 Å². The van der Waals surface area contributed by atoms with E-state index in [1.807, 2.05) is 55.5 Å². The van der Waals surface area contributed by atoms with Gasteiger partial charge in [-0.2, -0.15) is 0 Å². The molecule has 0 saturated carbocycles. The van der Waals surface area contributed by atoms with Gasteiger partial charge in [0.25, 0.3) is 0 Å². The second-order valence-corrected chi connectivity index (χ2v) is 4.94. The molecule has 3 N–H and O–H groups in total. The first-order valence-electron chi connectivity index (χ1n) is 6.96. The van der Waals surface area contributed by atoms with E-state index >= 15 is 0 Å². The molecule has 0 radical (unpaired) electrons. The van der Waals surface area contributed by atoms with Gasteiger partial charge in [0.15, 0.2) is 0 Å². The van der Waals surface area contributed by atoms with Gasteiger partial charge in [-0.25, -0.2) is 0 Å². The monoisotopic (exact) mass is 287 g/mol. The van der Waals surface area contributed by atoms with Crippen LogP contribution in [0.2, 0.25) is 0 Å². The molecule has 2 aromatic rings. The minimum Gasteiger partial charge on any atom is -0.491 e. The molecule has 2 aromatic carbocycles. The number of ether oxygens (including phenoxy) is 2. The lowest BCUT2D eigenvalue weighted by Crippen LogP contribution is -2.25. The predicted octanol–water partition coefficient (Wildman–Crippen LogP) is 2.27. The van der Waals surface area contributed by atoms with Crippen LogP contribution in [0, 0.1) is 6.92 Å². The van der Waals surface area contributed by atoms with Crippen molar-refractivity contribution in [3.8, 4) is 11.5 Å². The molecule has 4 heteroatoms. The van der Waals surface area contributed by atoms with Gasteiger partial charge in [-0.05, 0) is 42.3 Å². The van der Waals surface area contributed by atoms with Gasteiger partial charge in [0.2, 0.25) is 0 Å². The van der Waals surface area contributed by atoms with Crippen molar-refractivity contribution in [1.82, 2.24) is 0 Å². The molecule has 0 bridgehead atoms. The zero-order valence-electron chi connectivity index (χ0n) is 12.2. The summed E-state index contributed by atoms with van der Waals surface area (Å²) in [7, 11) is 0. The smallest absolute Gasteiger partial charge is 0.122 e. The molecule has 0 aliphatic carbocycles. The highest BCUT2D eigenvalue weighted by molar-refractivity contribution is 5.28. The largest absolute Gasteiger partial charge is 0.491 e. The van der Waals surface area contributed by atoms with E-state index in [0.717, 1.165) is 16.9 Å². The Balaban J connectivity index is 1.78. The molecule has 0 aliphatic heterocycles. The zero-order valence-corrected chi connectivity index (χ0v) is 12.2. The molecule has 21 heavy (non-hydrogen) atoms. The minimum atomic E-state index is -0.688. The summed E-state index contributed by atoms with van der Waals surface area (Å²) in [5, 5.41) is 9.89. The molecular formula is C17H21NO3. The maximum Gasteiger partial charge on any atom is 0.122 e. The zero-order chi connectivity index (χ0) is 15.1. The Morgan fingerprint density at radius 3 is 2.24 bits per heavy atom. The van der Waals surface area contributed by atoms with Crippen molar-refractivity contribution in [3.05, 3.63) is 59.7 Å². The number of aliphatic hydroxyl groups excluding tert-OH is 1. The quantitative estimate of drug-likeness (QED) is 0.820. The topological polar surface area (TPSA) is 64.7 Å². The average molecular weight is 287 g/mol. The first-order chi connectivity index (χ1) is 10.2. The van der Waals surface area contributed by atoms with Crippen LogP contribution in [-0.4, -0.2) is 24.4 Å². The van der Waals surface area contributed by atoms with E-state index < -0.39 is 6.10 Å². The minimum absolute atomic E-state index is 0.180. The lowest BCUT2D eigenvalue weighted by molar-refractivity contribution is 0.0626. The molecule has 1 atom stereocenters. The molecule has 4 nitrogen and oxygen atoms in total. The molecule has 0 fully saturated rings. The summed E-state index contributed by atoms with van der Waals surface area (Å²) in [6, 6.07) is 15.2. The van der Waals surface area contributed by atoms with Crippen LogP contribution in [0.3, 0.4) is 0 Å². The Morgan fingerprint density at radius 2 is 1.62 bits per heavy atom. The van der Waals surface area contributed by atoms with E-state index in [0.29, 0.717) is 12.3 Å². The predicted molar refractivity (Wildman–Crippen MR) is 82.5 cm³/mol. The van der Waals surface area contributed by atoms with Crippen molar-refractivity contribution in [2.75, 3.05) is 13.2 Å². The number of rotatable bonds is 7. The van der Waals surface area contributed by atoms with Crippen LogP contribution in [0.25, 0.3) is 0 Å². The molecule has 0 aliphatic rings. The first kappa shape index (κ1) is 15.4. The SMILES string of the molecule is Cc1cccc(OCC(O)COc2cccc(CN)c2)c1. The van der Waals surface area contributed by atoms with Crippen molar-refractivity contribution in [2.24, 2.45) is 5.73 Å². The summed E-state index contributed by atoms with van der Waals surface area (Å²) in [6.07, 6.45) is -0.688. The maximum absolute atomic E-state index is 9.89. The van der Waals surface area contributed by atoms with Gasteiger partial charge in [-0.1, -0.05) is 24.3 Å². The van der Waals surface area contributed by atoms with Gasteiger partial charge in [-0.3, -0.25) is 0 Å². The molecule has 0 heterocycles. The van der Waals surface area contributed by atoms with Crippen molar-refractivity contribution in [2.45, 2.75) is 19.6 Å². The molecule has 1 unspecified atom stereocenters. The maximum atomic E-state index is 9.89. The number of benzene rings is 2. The normalized spacial score (nSPS) is 12.0. The molecule has 0 spiro atoms. The Bertz CT molecular complexity index is 571. The highest BCUT2D eigenvalue weighted by Crippen LogP contribution is 2.14. The standard InChI is InChI=1S/C17H21NO3/c1-13-4-2-6-16(8-13)20-11-15(19)12-21-17-7-3-5-14(9-17)10-18/h2-9,15,19H,10-12,18H2,1H3. The van der Waals surface area contributed by atoms with Gasteiger partial charge in [0.1, 0.15) is 30.8 Å². The van der Waals surface area contributed by atoms with E-state index in [1.165, 1.54) is 0 Å². The van der Waals surface area contributed by atoms with Crippen molar-refractivity contribution in [1.29, 1.82) is 0 Å². The molecule has 0 saturated heterocycles. The third kappa shape index (κ3) is 5.10. The fourth-order valence-electron chi connectivity index (χ4n) is 1.90. The average Bonchev–Trinajstić information content (AvgIpc) is 2.51. The number of aliphatic hydroxyl groups is 1. The van der Waals surface area contributed by atoms with Crippen LogP contribution in [-0.2, 0) is 6.54 Å². The molecule has 0 amide bonds. The number of aryl methyl sites for hydroxylation is 1. The third-order valence-corrected chi connectivity index (χ3v) is 3.01. The molecular weight excluding hydrogens is 266 g/mol. The molecule has 2 rings (SSSR count). The van der Waals surface area contributed by atoms with Crippen LogP contribution < -0.4 is 15.2 Å². The summed E-state index contributed by atoms with van der Waals surface area (Å²) in [5.41, 5.74) is 7.69. The Kier molecular flexibility index (Phi) is 5.60. The van der Waals surface area contributed by atoms with Crippen LogP contribution in [0.5, 0.6) is 11.5 Å². The Labute approximate surface area is 125 Å². The highest BCUT2D eigenvalue weighted by Gasteiger charge is 2.07. The first-order valence-corrected chi connectivity index (χ1v) is 6.96. The number of nitrogens with two attached hydrogens (primary N) is 1. The van der Waals surface area contributed by atoms with Gasteiger partial charge >= 0.3 is 0 Å². The van der Waals surface area contributed by atoms with Crippen LogP contribution in [0.4, 0.5) is 0 Å². The number of hydrogen-bond acceptors (Lipinski definition) is 4. The summed E-state index contributed by atoms with van der Waals surface area (Å²) < 4.78 is 11.1. The Hall–Kier alpha value is -2.04. The van der Waals surface area contributed by atoms with Crippen molar-refractivity contribution < 1.29 is 14.6 Å². The van der Waals surface area contributed by atoms with E-state index in [1.54, 1.807) is 0 Å². The lowest BCUT2D eigenvalue weighted by atomic mass is 10.2. The van der Waals surface area contributed by atoms with Gasteiger partial charge in [0.05, 0.1) is 0 Å².